The first-order valence-corrected chi connectivity index (χ1v) is 8.49. The smallest absolute Gasteiger partial charge is 0.411 e. The number of ether oxygens (including phenoxy) is 1. The van der Waals surface area contributed by atoms with Crippen molar-refractivity contribution in [2.24, 2.45) is 0 Å². The topological polar surface area (TPSA) is 84.5 Å². The normalized spacial score (nSPS) is 10.9. The minimum atomic E-state index is -3.68. The molecule has 2 rings (SSSR count). The fourth-order valence-corrected chi connectivity index (χ4v) is 3.00. The third-order valence-electron chi connectivity index (χ3n) is 3.19. The molecule has 0 aliphatic rings. The van der Waals surface area contributed by atoms with E-state index in [1.165, 1.54) is 13.2 Å². The summed E-state index contributed by atoms with van der Waals surface area (Å²) in [7, 11) is -2.43. The Bertz CT molecular complexity index is 786. The molecule has 2 N–H and O–H groups in total. The van der Waals surface area contributed by atoms with Crippen LogP contribution in [0.1, 0.15) is 12.5 Å². The molecule has 122 valence electrons. The molecule has 0 spiro atoms. The van der Waals surface area contributed by atoms with Gasteiger partial charge >= 0.3 is 6.09 Å². The summed E-state index contributed by atoms with van der Waals surface area (Å²) in [5, 5.41) is 2.48. The number of aryl methyl sites for hydroxylation is 1. The average Bonchev–Trinajstić information content (AvgIpc) is 2.54. The quantitative estimate of drug-likeness (QED) is 0.879. The molecule has 23 heavy (non-hydrogen) atoms. The van der Waals surface area contributed by atoms with Gasteiger partial charge in [-0.15, -0.1) is 0 Å². The maximum Gasteiger partial charge on any atom is 0.411 e. The van der Waals surface area contributed by atoms with Gasteiger partial charge in [-0.2, -0.15) is 0 Å². The van der Waals surface area contributed by atoms with Crippen LogP contribution in [0, 0.1) is 0 Å². The largest absolute Gasteiger partial charge is 0.453 e. The predicted molar refractivity (Wildman–Crippen MR) is 89.1 cm³/mol. The van der Waals surface area contributed by atoms with Gasteiger partial charge in [0, 0.05) is 5.69 Å². The first kappa shape index (κ1) is 16.8. The second kappa shape index (κ2) is 7.15. The number of amides is 1. The van der Waals surface area contributed by atoms with E-state index in [1.807, 2.05) is 6.92 Å². The van der Waals surface area contributed by atoms with Gasteiger partial charge in [-0.3, -0.25) is 10.0 Å². The number of carbonyl (C=O) groups is 1. The lowest BCUT2D eigenvalue weighted by Crippen LogP contribution is -2.14. The molecule has 1 amide bonds. The molecule has 0 atom stereocenters. The lowest BCUT2D eigenvalue weighted by molar-refractivity contribution is 0.187. The summed E-state index contributed by atoms with van der Waals surface area (Å²) in [6.07, 6.45) is 0.217. The Balaban J connectivity index is 2.19. The van der Waals surface area contributed by atoms with Gasteiger partial charge in [0.25, 0.3) is 10.0 Å². The Morgan fingerprint density at radius 3 is 2.35 bits per heavy atom. The molecule has 0 bridgehead atoms. The lowest BCUT2D eigenvalue weighted by Gasteiger charge is -2.10. The summed E-state index contributed by atoms with van der Waals surface area (Å²) in [5.41, 5.74) is 1.84. The zero-order chi connectivity index (χ0) is 16.9. The fraction of sp³-hybridized carbons (Fsp3) is 0.188. The van der Waals surface area contributed by atoms with E-state index in [1.54, 1.807) is 42.5 Å². The van der Waals surface area contributed by atoms with E-state index in [-0.39, 0.29) is 4.90 Å². The summed E-state index contributed by atoms with van der Waals surface area (Å²) in [6.45, 7) is 2.00. The number of benzene rings is 2. The molecule has 0 heterocycles. The van der Waals surface area contributed by atoms with Crippen molar-refractivity contribution in [2.45, 2.75) is 18.2 Å². The van der Waals surface area contributed by atoms with Gasteiger partial charge in [-0.25, -0.2) is 13.2 Å². The van der Waals surface area contributed by atoms with Crippen molar-refractivity contribution in [1.29, 1.82) is 0 Å². The van der Waals surface area contributed by atoms with Crippen LogP contribution in [0.3, 0.4) is 0 Å². The van der Waals surface area contributed by atoms with Crippen molar-refractivity contribution in [3.05, 3.63) is 54.1 Å². The molecule has 0 aromatic heterocycles. The highest BCUT2D eigenvalue weighted by Gasteiger charge is 2.14. The molecule has 2 aromatic carbocycles. The third-order valence-corrected chi connectivity index (χ3v) is 4.59. The van der Waals surface area contributed by atoms with E-state index in [9.17, 15) is 13.2 Å². The Morgan fingerprint density at radius 1 is 1.09 bits per heavy atom. The van der Waals surface area contributed by atoms with Gasteiger partial charge in [0.15, 0.2) is 0 Å². The number of methoxy groups -OCH3 is 1. The first-order valence-electron chi connectivity index (χ1n) is 7.01. The molecule has 0 saturated heterocycles. The predicted octanol–water partition coefficient (Wildman–Crippen LogP) is 3.23. The Morgan fingerprint density at radius 2 is 1.74 bits per heavy atom. The van der Waals surface area contributed by atoms with Crippen LogP contribution in [-0.4, -0.2) is 21.6 Å². The molecule has 7 heteroatoms. The Kier molecular flexibility index (Phi) is 5.23. The summed E-state index contributed by atoms with van der Waals surface area (Å²) < 4.78 is 31.7. The van der Waals surface area contributed by atoms with Crippen molar-refractivity contribution >= 4 is 27.5 Å². The molecule has 0 fully saturated rings. The van der Waals surface area contributed by atoms with Gasteiger partial charge in [-0.05, 0) is 42.3 Å². The lowest BCUT2D eigenvalue weighted by atomic mass is 10.2. The van der Waals surface area contributed by atoms with E-state index >= 15 is 0 Å². The number of rotatable bonds is 5. The van der Waals surface area contributed by atoms with Crippen molar-refractivity contribution in [2.75, 3.05) is 17.1 Å². The van der Waals surface area contributed by atoms with Crippen LogP contribution in [0.2, 0.25) is 0 Å². The molecule has 0 saturated carbocycles. The maximum absolute atomic E-state index is 12.4. The first-order chi connectivity index (χ1) is 10.9. The summed E-state index contributed by atoms with van der Waals surface area (Å²) in [4.78, 5) is 11.4. The number of nitrogens with one attached hydrogen (secondary N) is 2. The number of carbonyl (C=O) groups excluding carboxylic acids is 1. The fourth-order valence-electron chi connectivity index (χ4n) is 1.95. The van der Waals surface area contributed by atoms with Gasteiger partial charge < -0.3 is 4.74 Å². The minimum Gasteiger partial charge on any atom is -0.453 e. The van der Waals surface area contributed by atoms with E-state index in [2.05, 4.69) is 14.8 Å². The van der Waals surface area contributed by atoms with Gasteiger partial charge in [0.2, 0.25) is 0 Å². The zero-order valence-corrected chi connectivity index (χ0v) is 13.7. The van der Waals surface area contributed by atoms with Crippen LogP contribution in [0.15, 0.2) is 53.4 Å². The van der Waals surface area contributed by atoms with Crippen LogP contribution in [-0.2, 0) is 21.2 Å². The van der Waals surface area contributed by atoms with Gasteiger partial charge in [0.1, 0.15) is 0 Å². The molecule has 0 aliphatic carbocycles. The third kappa shape index (κ3) is 4.46. The standard InChI is InChI=1S/C16H18N2O4S/c1-3-12-7-9-15(10-8-12)23(20,21)18-14-6-4-5-13(11-14)17-16(19)22-2/h4-11,18H,3H2,1-2H3,(H,17,19). The van der Waals surface area contributed by atoms with E-state index in [0.29, 0.717) is 11.4 Å². The summed E-state index contributed by atoms with van der Waals surface area (Å²) in [6, 6.07) is 13.1. The highest BCUT2D eigenvalue weighted by molar-refractivity contribution is 7.92. The van der Waals surface area contributed by atoms with Crippen molar-refractivity contribution < 1.29 is 17.9 Å². The van der Waals surface area contributed by atoms with Gasteiger partial charge in [-0.1, -0.05) is 25.1 Å². The molecular formula is C16H18N2O4S. The highest BCUT2D eigenvalue weighted by atomic mass is 32.2. The Labute approximate surface area is 135 Å². The molecule has 2 aromatic rings. The second-order valence-corrected chi connectivity index (χ2v) is 6.48. The van der Waals surface area contributed by atoms with Crippen LogP contribution in [0.5, 0.6) is 0 Å². The van der Waals surface area contributed by atoms with Gasteiger partial charge in [0.05, 0.1) is 17.7 Å². The molecule has 0 radical (unpaired) electrons. The Hall–Kier alpha value is -2.54. The van der Waals surface area contributed by atoms with Crippen LogP contribution in [0.25, 0.3) is 0 Å². The summed E-state index contributed by atoms with van der Waals surface area (Å²) in [5.74, 6) is 0. The van der Waals surface area contributed by atoms with Crippen LogP contribution >= 0.6 is 0 Å². The van der Waals surface area contributed by atoms with Crippen molar-refractivity contribution in [3.8, 4) is 0 Å². The molecule has 6 nitrogen and oxygen atoms in total. The van der Waals surface area contributed by atoms with E-state index in [4.69, 9.17) is 0 Å². The van der Waals surface area contributed by atoms with Crippen LogP contribution < -0.4 is 10.0 Å². The number of sulfonamides is 1. The maximum atomic E-state index is 12.4. The monoisotopic (exact) mass is 334 g/mol. The highest BCUT2D eigenvalue weighted by Crippen LogP contribution is 2.20. The van der Waals surface area contributed by atoms with Crippen LogP contribution in [0.4, 0.5) is 16.2 Å². The molecule has 0 unspecified atom stereocenters. The van der Waals surface area contributed by atoms with Crippen molar-refractivity contribution in [3.63, 3.8) is 0 Å². The molecular weight excluding hydrogens is 316 g/mol. The number of hydrogen-bond acceptors (Lipinski definition) is 4. The van der Waals surface area contributed by atoms with E-state index in [0.717, 1.165) is 12.0 Å². The van der Waals surface area contributed by atoms with Crippen molar-refractivity contribution in [1.82, 2.24) is 0 Å². The molecule has 0 aliphatic heterocycles. The average molecular weight is 334 g/mol. The minimum absolute atomic E-state index is 0.182. The second-order valence-electron chi connectivity index (χ2n) is 4.80. The van der Waals surface area contributed by atoms with E-state index < -0.39 is 16.1 Å². The number of hydrogen-bond donors (Lipinski definition) is 2. The zero-order valence-electron chi connectivity index (χ0n) is 12.9. The summed E-state index contributed by atoms with van der Waals surface area (Å²) >= 11 is 0. The SMILES string of the molecule is CCc1ccc(S(=O)(=O)Nc2cccc(NC(=O)OC)c2)cc1. The number of anilines is 2.